The van der Waals surface area contributed by atoms with Crippen molar-refractivity contribution < 1.29 is 19.5 Å². The summed E-state index contributed by atoms with van der Waals surface area (Å²) in [4.78, 5) is 13.6. The van der Waals surface area contributed by atoms with E-state index in [9.17, 15) is 15.0 Å². The Morgan fingerprint density at radius 3 is 2.58 bits per heavy atom. The summed E-state index contributed by atoms with van der Waals surface area (Å²) in [5.74, 6) is -0.530. The Morgan fingerprint density at radius 1 is 1.38 bits per heavy atom. The van der Waals surface area contributed by atoms with E-state index in [1.165, 1.54) is 0 Å². The number of anilines is 1. The largest absolute Gasteiger partial charge is 0.477 e. The minimum absolute atomic E-state index is 0.0359. The van der Waals surface area contributed by atoms with Crippen LogP contribution in [-0.2, 0) is 0 Å². The van der Waals surface area contributed by atoms with Crippen molar-refractivity contribution in [2.24, 2.45) is 5.92 Å². The number of aromatic nitrogens is 1. The van der Waals surface area contributed by atoms with Crippen LogP contribution in [0.15, 0.2) is 28.8 Å². The van der Waals surface area contributed by atoms with E-state index in [-0.39, 0.29) is 17.2 Å². The SMILES string of the molecule is CC(C)(O)C1CCN(c2noc(-c3ccc(Cl)cc3)c2C(=O)O)C1. The van der Waals surface area contributed by atoms with Crippen LogP contribution in [0.25, 0.3) is 11.3 Å². The Labute approximate surface area is 144 Å². The highest BCUT2D eigenvalue weighted by Crippen LogP contribution is 2.36. The van der Waals surface area contributed by atoms with Crippen molar-refractivity contribution in [1.82, 2.24) is 5.16 Å². The maximum absolute atomic E-state index is 11.8. The number of benzene rings is 1. The number of carbonyl (C=O) groups is 1. The molecule has 1 aromatic heterocycles. The molecule has 0 spiro atoms. The summed E-state index contributed by atoms with van der Waals surface area (Å²) >= 11 is 5.87. The van der Waals surface area contributed by atoms with E-state index in [0.717, 1.165) is 6.42 Å². The first kappa shape index (κ1) is 16.8. The molecule has 0 bridgehead atoms. The van der Waals surface area contributed by atoms with Crippen LogP contribution in [0.3, 0.4) is 0 Å². The van der Waals surface area contributed by atoms with Crippen LogP contribution in [0, 0.1) is 5.92 Å². The van der Waals surface area contributed by atoms with Gasteiger partial charge in [-0.2, -0.15) is 0 Å². The second-order valence-corrected chi connectivity index (χ2v) is 7.04. The van der Waals surface area contributed by atoms with Crippen molar-refractivity contribution in [2.45, 2.75) is 25.9 Å². The molecule has 1 fully saturated rings. The molecule has 0 aliphatic carbocycles. The zero-order valence-electron chi connectivity index (χ0n) is 13.5. The number of halogens is 1. The van der Waals surface area contributed by atoms with Gasteiger partial charge in [0, 0.05) is 29.6 Å². The molecule has 7 heteroatoms. The van der Waals surface area contributed by atoms with Gasteiger partial charge in [-0.15, -0.1) is 0 Å². The van der Waals surface area contributed by atoms with Gasteiger partial charge in [-0.3, -0.25) is 0 Å². The minimum atomic E-state index is -1.09. The molecule has 1 unspecified atom stereocenters. The number of rotatable bonds is 4. The lowest BCUT2D eigenvalue weighted by Crippen LogP contribution is -2.33. The Balaban J connectivity index is 1.96. The van der Waals surface area contributed by atoms with E-state index < -0.39 is 11.6 Å². The van der Waals surface area contributed by atoms with Crippen LogP contribution < -0.4 is 4.90 Å². The van der Waals surface area contributed by atoms with E-state index in [0.29, 0.717) is 29.5 Å². The molecule has 0 radical (unpaired) electrons. The third-order valence-electron chi connectivity index (χ3n) is 4.48. The van der Waals surface area contributed by atoms with Gasteiger partial charge in [-0.05, 0) is 44.5 Å². The summed E-state index contributed by atoms with van der Waals surface area (Å²) in [5.41, 5.74) is -0.177. The molecule has 24 heavy (non-hydrogen) atoms. The third kappa shape index (κ3) is 3.12. The summed E-state index contributed by atoms with van der Waals surface area (Å²) < 4.78 is 5.34. The zero-order valence-corrected chi connectivity index (χ0v) is 14.2. The number of carboxylic acid groups (broad SMARTS) is 1. The van der Waals surface area contributed by atoms with Crippen LogP contribution >= 0.6 is 11.6 Å². The predicted octanol–water partition coefficient (Wildman–Crippen LogP) is 3.29. The van der Waals surface area contributed by atoms with E-state index in [1.54, 1.807) is 38.1 Å². The summed E-state index contributed by atoms with van der Waals surface area (Å²) in [7, 11) is 0. The van der Waals surface area contributed by atoms with Gasteiger partial charge < -0.3 is 19.6 Å². The van der Waals surface area contributed by atoms with Gasteiger partial charge in [-0.1, -0.05) is 16.8 Å². The summed E-state index contributed by atoms with van der Waals surface area (Å²) in [6.07, 6.45) is 0.770. The quantitative estimate of drug-likeness (QED) is 0.879. The van der Waals surface area contributed by atoms with Gasteiger partial charge in [0.05, 0.1) is 5.60 Å². The minimum Gasteiger partial charge on any atom is -0.477 e. The first-order valence-electron chi connectivity index (χ1n) is 7.73. The Morgan fingerprint density at radius 2 is 2.04 bits per heavy atom. The molecule has 1 saturated heterocycles. The molecule has 1 aliphatic rings. The molecule has 6 nitrogen and oxygen atoms in total. The van der Waals surface area contributed by atoms with Crippen LogP contribution in [0.2, 0.25) is 5.02 Å². The molecule has 128 valence electrons. The van der Waals surface area contributed by atoms with Gasteiger partial charge >= 0.3 is 5.97 Å². The maximum atomic E-state index is 11.8. The molecule has 1 aliphatic heterocycles. The smallest absolute Gasteiger partial charge is 0.343 e. The first-order chi connectivity index (χ1) is 11.3. The number of nitrogens with zero attached hydrogens (tertiary/aromatic N) is 2. The number of aliphatic hydroxyl groups is 1. The molecule has 2 heterocycles. The predicted molar refractivity (Wildman–Crippen MR) is 90.5 cm³/mol. The van der Waals surface area contributed by atoms with Crippen LogP contribution in [0.5, 0.6) is 0 Å². The number of carboxylic acids is 1. The van der Waals surface area contributed by atoms with Crippen molar-refractivity contribution >= 4 is 23.4 Å². The maximum Gasteiger partial charge on any atom is 0.343 e. The van der Waals surface area contributed by atoms with Crippen molar-refractivity contribution in [3.63, 3.8) is 0 Å². The fourth-order valence-electron chi connectivity index (χ4n) is 3.02. The second kappa shape index (κ2) is 6.11. The number of hydrogen-bond donors (Lipinski definition) is 2. The summed E-state index contributed by atoms with van der Waals surface area (Å²) in [6.45, 7) is 4.69. The van der Waals surface area contributed by atoms with Crippen LogP contribution in [0.1, 0.15) is 30.6 Å². The molecule has 3 rings (SSSR count). The van der Waals surface area contributed by atoms with E-state index >= 15 is 0 Å². The molecule has 1 atom stereocenters. The average Bonchev–Trinajstić information content (AvgIpc) is 3.14. The van der Waals surface area contributed by atoms with E-state index in [4.69, 9.17) is 16.1 Å². The molecule has 0 amide bonds. The van der Waals surface area contributed by atoms with Gasteiger partial charge in [0.1, 0.15) is 0 Å². The standard InChI is InChI=1S/C17H19ClN2O4/c1-17(2,23)11-7-8-20(9-11)15-13(16(21)22)14(24-19-15)10-3-5-12(18)6-4-10/h3-6,11,23H,7-9H2,1-2H3,(H,21,22). The lowest BCUT2D eigenvalue weighted by Gasteiger charge is -2.25. The van der Waals surface area contributed by atoms with Crippen LogP contribution in [-0.4, -0.2) is 40.0 Å². The van der Waals surface area contributed by atoms with Gasteiger partial charge in [0.15, 0.2) is 17.1 Å². The molecular formula is C17H19ClN2O4. The highest BCUT2D eigenvalue weighted by Gasteiger charge is 2.37. The van der Waals surface area contributed by atoms with Gasteiger partial charge in [-0.25, -0.2) is 4.79 Å². The molecule has 0 saturated carbocycles. The first-order valence-corrected chi connectivity index (χ1v) is 8.11. The number of aromatic carboxylic acids is 1. The zero-order chi connectivity index (χ0) is 17.5. The van der Waals surface area contributed by atoms with Crippen molar-refractivity contribution in [2.75, 3.05) is 18.0 Å². The lowest BCUT2D eigenvalue weighted by molar-refractivity contribution is 0.0263. The molecule has 2 aromatic rings. The van der Waals surface area contributed by atoms with Crippen molar-refractivity contribution in [3.05, 3.63) is 34.9 Å². The van der Waals surface area contributed by atoms with Gasteiger partial charge in [0.2, 0.25) is 0 Å². The van der Waals surface area contributed by atoms with E-state index in [1.807, 2.05) is 4.90 Å². The highest BCUT2D eigenvalue weighted by molar-refractivity contribution is 6.30. The fraction of sp³-hybridized carbons (Fsp3) is 0.412. The summed E-state index contributed by atoms with van der Waals surface area (Å²) in [6, 6.07) is 6.74. The fourth-order valence-corrected chi connectivity index (χ4v) is 3.14. The highest BCUT2D eigenvalue weighted by atomic mass is 35.5. The van der Waals surface area contributed by atoms with Crippen molar-refractivity contribution in [1.29, 1.82) is 0 Å². The van der Waals surface area contributed by atoms with Gasteiger partial charge in [0.25, 0.3) is 0 Å². The van der Waals surface area contributed by atoms with Crippen molar-refractivity contribution in [3.8, 4) is 11.3 Å². The van der Waals surface area contributed by atoms with Crippen LogP contribution in [0.4, 0.5) is 5.82 Å². The monoisotopic (exact) mass is 350 g/mol. The second-order valence-electron chi connectivity index (χ2n) is 6.61. The Hall–Kier alpha value is -2.05. The summed E-state index contributed by atoms with van der Waals surface area (Å²) in [5, 5.41) is 24.4. The third-order valence-corrected chi connectivity index (χ3v) is 4.73. The number of hydrogen-bond acceptors (Lipinski definition) is 5. The normalized spacial score (nSPS) is 18.2. The average molecular weight is 351 g/mol. The van der Waals surface area contributed by atoms with E-state index in [2.05, 4.69) is 5.16 Å². The Bertz CT molecular complexity index is 749. The topological polar surface area (TPSA) is 86.8 Å². The lowest BCUT2D eigenvalue weighted by atomic mass is 9.90. The molecule has 2 N–H and O–H groups in total. The Kier molecular flexibility index (Phi) is 4.27. The molecular weight excluding hydrogens is 332 g/mol. The molecule has 1 aromatic carbocycles.